The van der Waals surface area contributed by atoms with E-state index in [0.29, 0.717) is 43.0 Å². The van der Waals surface area contributed by atoms with Crippen molar-refractivity contribution in [3.05, 3.63) is 102 Å². The lowest BCUT2D eigenvalue weighted by Gasteiger charge is -2.37. The first-order valence-electron chi connectivity index (χ1n) is 13.6. The summed E-state index contributed by atoms with van der Waals surface area (Å²) in [5, 5.41) is 3.32. The van der Waals surface area contributed by atoms with Crippen LogP contribution in [0.4, 0.5) is 23.9 Å². The van der Waals surface area contributed by atoms with Crippen LogP contribution < -0.4 is 5.32 Å². The third-order valence-corrected chi connectivity index (χ3v) is 7.50. The highest BCUT2D eigenvalue weighted by molar-refractivity contribution is 5.68. The standard InChI is InChI=1S/C30H29F3N6O2/c31-30(32,33)21-7-4-8-23(17-21)39-16-14-34-27(39)24-12-15-38(29(40)41-19-20-5-2-1-3-6-20)18-25(24)26-11-13-35-28(37-26)36-22-9-10-22/h1-8,11,13-14,16-17,22,24-25H,9-10,12,15,18-19H2,(H,35,36,37). The first kappa shape index (κ1) is 26.8. The van der Waals surface area contributed by atoms with Crippen molar-refractivity contribution in [1.82, 2.24) is 24.4 Å². The number of amides is 1. The molecule has 2 aromatic carbocycles. The molecule has 2 atom stereocenters. The molecule has 1 N–H and O–H groups in total. The van der Waals surface area contributed by atoms with Gasteiger partial charge >= 0.3 is 12.3 Å². The van der Waals surface area contributed by atoms with Crippen molar-refractivity contribution in [3.8, 4) is 5.69 Å². The lowest BCUT2D eigenvalue weighted by Crippen LogP contribution is -2.43. The van der Waals surface area contributed by atoms with Gasteiger partial charge in [0, 0.05) is 55.2 Å². The van der Waals surface area contributed by atoms with E-state index in [1.807, 2.05) is 36.4 Å². The Kier molecular flexibility index (Phi) is 7.34. The molecule has 1 saturated carbocycles. The van der Waals surface area contributed by atoms with Crippen LogP contribution in [0.5, 0.6) is 0 Å². The molecular formula is C30H29F3N6O2. The van der Waals surface area contributed by atoms with Gasteiger partial charge in [0.2, 0.25) is 5.95 Å². The molecule has 41 heavy (non-hydrogen) atoms. The van der Waals surface area contributed by atoms with E-state index in [1.165, 1.54) is 6.07 Å². The van der Waals surface area contributed by atoms with Gasteiger partial charge in [-0.15, -0.1) is 0 Å². The molecule has 0 spiro atoms. The number of likely N-dealkylation sites (tertiary alicyclic amines) is 1. The second-order valence-corrected chi connectivity index (χ2v) is 10.4. The Balaban J connectivity index is 1.29. The zero-order valence-corrected chi connectivity index (χ0v) is 22.2. The number of nitrogens with zero attached hydrogens (tertiary/aromatic N) is 5. The van der Waals surface area contributed by atoms with Crippen LogP contribution in [0, 0.1) is 0 Å². The largest absolute Gasteiger partial charge is 0.445 e. The van der Waals surface area contributed by atoms with Crippen LogP contribution in [0.3, 0.4) is 0 Å². The molecule has 2 unspecified atom stereocenters. The summed E-state index contributed by atoms with van der Waals surface area (Å²) >= 11 is 0. The Hall–Kier alpha value is -4.41. The fourth-order valence-corrected chi connectivity index (χ4v) is 5.24. The molecule has 6 rings (SSSR count). The molecule has 8 nitrogen and oxygen atoms in total. The highest BCUT2D eigenvalue weighted by Crippen LogP contribution is 2.40. The zero-order chi connectivity index (χ0) is 28.4. The van der Waals surface area contributed by atoms with Crippen molar-refractivity contribution in [2.75, 3.05) is 18.4 Å². The molecule has 0 bridgehead atoms. The lowest BCUT2D eigenvalue weighted by atomic mass is 9.82. The van der Waals surface area contributed by atoms with Crippen LogP contribution in [-0.2, 0) is 17.5 Å². The lowest BCUT2D eigenvalue weighted by molar-refractivity contribution is -0.137. The Labute approximate surface area is 235 Å². The number of nitrogens with one attached hydrogen (secondary N) is 1. The minimum absolute atomic E-state index is 0.160. The molecule has 2 fully saturated rings. The van der Waals surface area contributed by atoms with Crippen LogP contribution in [-0.4, -0.2) is 49.6 Å². The minimum Gasteiger partial charge on any atom is -0.445 e. The summed E-state index contributed by atoms with van der Waals surface area (Å²) in [4.78, 5) is 28.5. The number of hydrogen-bond donors (Lipinski definition) is 1. The number of benzene rings is 2. The molecule has 1 aliphatic heterocycles. The molecule has 2 aromatic heterocycles. The third kappa shape index (κ3) is 6.18. The van der Waals surface area contributed by atoms with E-state index in [-0.39, 0.29) is 18.4 Å². The number of aromatic nitrogens is 4. The first-order valence-corrected chi connectivity index (χ1v) is 13.6. The summed E-state index contributed by atoms with van der Waals surface area (Å²) in [6, 6.07) is 16.9. The molecule has 1 saturated heterocycles. The van der Waals surface area contributed by atoms with E-state index >= 15 is 0 Å². The summed E-state index contributed by atoms with van der Waals surface area (Å²) in [5.41, 5.74) is 1.26. The van der Waals surface area contributed by atoms with Crippen LogP contribution >= 0.6 is 0 Å². The first-order chi connectivity index (χ1) is 19.8. The van der Waals surface area contributed by atoms with Crippen molar-refractivity contribution in [3.63, 3.8) is 0 Å². The van der Waals surface area contributed by atoms with Gasteiger partial charge in [0.1, 0.15) is 12.4 Å². The van der Waals surface area contributed by atoms with Crippen molar-refractivity contribution in [2.24, 2.45) is 0 Å². The second kappa shape index (κ2) is 11.2. The highest BCUT2D eigenvalue weighted by Gasteiger charge is 2.38. The summed E-state index contributed by atoms with van der Waals surface area (Å²) < 4.78 is 47.7. The van der Waals surface area contributed by atoms with Gasteiger partial charge < -0.3 is 19.5 Å². The zero-order valence-electron chi connectivity index (χ0n) is 22.2. The molecule has 1 aliphatic carbocycles. The SMILES string of the molecule is O=C(OCc1ccccc1)N1CCC(c2nccn2-c2cccc(C(F)(F)F)c2)C(c2ccnc(NC3CC3)n2)C1. The van der Waals surface area contributed by atoms with Crippen molar-refractivity contribution in [1.29, 1.82) is 0 Å². The number of halogens is 3. The molecule has 3 heterocycles. The number of alkyl halides is 3. The van der Waals surface area contributed by atoms with Gasteiger partial charge in [-0.05, 0) is 49.1 Å². The average Bonchev–Trinajstić information content (AvgIpc) is 3.67. The van der Waals surface area contributed by atoms with Crippen LogP contribution in [0.25, 0.3) is 5.69 Å². The number of imidazole rings is 1. The highest BCUT2D eigenvalue weighted by atomic mass is 19.4. The number of carbonyl (C=O) groups is 1. The van der Waals surface area contributed by atoms with E-state index in [9.17, 15) is 18.0 Å². The van der Waals surface area contributed by atoms with E-state index in [1.54, 1.807) is 34.1 Å². The molecule has 4 aromatic rings. The van der Waals surface area contributed by atoms with E-state index in [0.717, 1.165) is 36.2 Å². The van der Waals surface area contributed by atoms with Crippen LogP contribution in [0.2, 0.25) is 0 Å². The Morgan fingerprint density at radius 1 is 0.976 bits per heavy atom. The Bertz CT molecular complexity index is 1510. The minimum atomic E-state index is -4.46. The maximum Gasteiger partial charge on any atom is 0.416 e. The average molecular weight is 563 g/mol. The number of ether oxygens (including phenoxy) is 1. The van der Waals surface area contributed by atoms with E-state index < -0.39 is 17.8 Å². The van der Waals surface area contributed by atoms with Crippen LogP contribution in [0.1, 0.15) is 53.7 Å². The summed E-state index contributed by atoms with van der Waals surface area (Å²) in [7, 11) is 0. The molecule has 0 radical (unpaired) electrons. The smallest absolute Gasteiger partial charge is 0.416 e. The molecule has 212 valence electrons. The monoisotopic (exact) mass is 562 g/mol. The number of anilines is 1. The topological polar surface area (TPSA) is 85.2 Å². The fraction of sp³-hybridized carbons (Fsp3) is 0.333. The second-order valence-electron chi connectivity index (χ2n) is 10.4. The fourth-order valence-electron chi connectivity index (χ4n) is 5.24. The van der Waals surface area contributed by atoms with E-state index in [2.05, 4.69) is 15.3 Å². The Morgan fingerprint density at radius 2 is 1.80 bits per heavy atom. The maximum absolute atomic E-state index is 13.5. The Morgan fingerprint density at radius 3 is 2.59 bits per heavy atom. The van der Waals surface area contributed by atoms with Gasteiger partial charge in [0.15, 0.2) is 0 Å². The molecule has 1 amide bonds. The quantitative estimate of drug-likeness (QED) is 0.290. The maximum atomic E-state index is 13.5. The van der Waals surface area contributed by atoms with Crippen LogP contribution in [0.15, 0.2) is 79.3 Å². The van der Waals surface area contributed by atoms with Crippen molar-refractivity contribution < 1.29 is 22.7 Å². The number of carbonyl (C=O) groups excluding carboxylic acids is 1. The molecule has 11 heteroatoms. The third-order valence-electron chi connectivity index (χ3n) is 7.50. The van der Waals surface area contributed by atoms with Crippen molar-refractivity contribution >= 4 is 12.0 Å². The predicted molar refractivity (Wildman–Crippen MR) is 146 cm³/mol. The van der Waals surface area contributed by atoms with Gasteiger partial charge in [0.25, 0.3) is 0 Å². The molecular weight excluding hydrogens is 533 g/mol. The number of piperidine rings is 1. The van der Waals surface area contributed by atoms with Gasteiger partial charge in [-0.3, -0.25) is 0 Å². The predicted octanol–water partition coefficient (Wildman–Crippen LogP) is 6.17. The summed E-state index contributed by atoms with van der Waals surface area (Å²) in [6.45, 7) is 0.878. The van der Waals surface area contributed by atoms with Crippen molar-refractivity contribution in [2.45, 2.75) is 49.9 Å². The van der Waals surface area contributed by atoms with Gasteiger partial charge in [-0.1, -0.05) is 36.4 Å². The summed E-state index contributed by atoms with van der Waals surface area (Å²) in [6.07, 6.45) is 2.71. The number of rotatable bonds is 7. The number of hydrogen-bond acceptors (Lipinski definition) is 6. The molecule has 2 aliphatic rings. The van der Waals surface area contributed by atoms with Gasteiger partial charge in [-0.25, -0.2) is 19.7 Å². The van der Waals surface area contributed by atoms with Gasteiger partial charge in [0.05, 0.1) is 11.3 Å². The summed E-state index contributed by atoms with van der Waals surface area (Å²) in [5.74, 6) is 0.625. The normalized spacial score (nSPS) is 19.1. The van der Waals surface area contributed by atoms with E-state index in [4.69, 9.17) is 9.72 Å². The van der Waals surface area contributed by atoms with Gasteiger partial charge in [-0.2, -0.15) is 13.2 Å².